The molecule has 19 heteroatoms. The molecule has 232 valence electrons. The van der Waals surface area contributed by atoms with E-state index in [1.807, 2.05) is 13.8 Å². The Kier molecular flexibility index (Phi) is 12.1. The molecule has 2 N–H and O–H groups in total. The van der Waals surface area contributed by atoms with Gasteiger partial charge in [-0.1, -0.05) is 25.4 Å². The van der Waals surface area contributed by atoms with E-state index in [2.05, 4.69) is 29.1 Å². The smallest absolute Gasteiger partial charge is 0.338 e. The number of esters is 5. The Bertz CT molecular complexity index is 1080. The predicted molar refractivity (Wildman–Crippen MR) is 145 cm³/mol. The number of anilines is 2. The van der Waals surface area contributed by atoms with Gasteiger partial charge in [0.15, 0.2) is 0 Å². The van der Waals surface area contributed by atoms with E-state index in [4.69, 9.17) is 34.4 Å². The van der Waals surface area contributed by atoms with Crippen molar-refractivity contribution in [2.75, 3.05) is 45.2 Å². The van der Waals surface area contributed by atoms with Gasteiger partial charge >= 0.3 is 29.8 Å². The average molecular weight is 655 g/mol. The van der Waals surface area contributed by atoms with Crippen molar-refractivity contribution >= 4 is 69.9 Å². The minimum absolute atomic E-state index is 0.0107. The summed E-state index contributed by atoms with van der Waals surface area (Å²) in [5, 5.41) is 5.61. The lowest BCUT2D eigenvalue weighted by atomic mass is 10.1. The second kappa shape index (κ2) is 15.1. The van der Waals surface area contributed by atoms with E-state index in [9.17, 15) is 24.0 Å². The Labute approximate surface area is 247 Å². The molecule has 16 nitrogen and oxygen atoms in total. The standard InChI is InChI=1S/C23H29ClN2O14P2/c1-10(2)9-36-19(27)11-7-12(25-41-37-15(20(28)32-3)16(38-41)21(29)33-4)14(24)13(8-11)26-42-39-17(22(30)34-5)18(40-42)23(31)35-6/h7-8,10,15-18,25-26H,9H2,1-6H3/t15-,16-,17-,18-/m1/s1. The van der Waals surface area contributed by atoms with Crippen LogP contribution in [0, 0.1) is 5.92 Å². The van der Waals surface area contributed by atoms with Gasteiger partial charge in [0.1, 0.15) is 0 Å². The molecule has 2 aliphatic heterocycles. The largest absolute Gasteiger partial charge is 0.467 e. The lowest BCUT2D eigenvalue weighted by molar-refractivity contribution is -0.160. The number of hydrogen-bond acceptors (Lipinski definition) is 16. The second-order valence-corrected chi connectivity index (χ2v) is 11.5. The molecule has 2 aliphatic rings. The van der Waals surface area contributed by atoms with E-state index in [1.165, 1.54) is 12.1 Å². The first-order valence-electron chi connectivity index (χ1n) is 12.1. The number of rotatable bonds is 11. The monoisotopic (exact) mass is 654 g/mol. The van der Waals surface area contributed by atoms with Crippen LogP contribution in [0.2, 0.25) is 5.02 Å². The van der Waals surface area contributed by atoms with Crippen LogP contribution in [0.3, 0.4) is 0 Å². The third-order valence-corrected chi connectivity index (χ3v) is 8.33. The minimum Gasteiger partial charge on any atom is -0.467 e. The molecule has 0 aromatic heterocycles. The second-order valence-electron chi connectivity index (χ2n) is 8.81. The molecule has 2 saturated heterocycles. The Morgan fingerprint density at radius 1 is 0.738 bits per heavy atom. The molecule has 0 spiro atoms. The summed E-state index contributed by atoms with van der Waals surface area (Å²) in [6.07, 6.45) is -5.76. The van der Waals surface area contributed by atoms with Crippen molar-refractivity contribution in [2.45, 2.75) is 38.3 Å². The molecule has 4 atom stereocenters. The molecule has 0 amide bonds. The van der Waals surface area contributed by atoms with Crippen molar-refractivity contribution in [3.05, 3.63) is 22.7 Å². The summed E-state index contributed by atoms with van der Waals surface area (Å²) in [5.74, 6) is -4.19. The van der Waals surface area contributed by atoms with Crippen LogP contribution in [-0.4, -0.2) is 89.3 Å². The van der Waals surface area contributed by atoms with Crippen molar-refractivity contribution < 1.29 is 65.8 Å². The van der Waals surface area contributed by atoms with Crippen molar-refractivity contribution in [3.8, 4) is 0 Å². The maximum Gasteiger partial charge on any atom is 0.338 e. The molecule has 42 heavy (non-hydrogen) atoms. The molecule has 1 aromatic carbocycles. The van der Waals surface area contributed by atoms with Crippen LogP contribution in [0.1, 0.15) is 24.2 Å². The van der Waals surface area contributed by atoms with Crippen LogP contribution in [0.25, 0.3) is 0 Å². The van der Waals surface area contributed by atoms with Gasteiger partial charge < -0.3 is 33.9 Å². The Hall–Kier alpha value is -2.84. The molecular formula is C23H29ClN2O14P2. The zero-order valence-electron chi connectivity index (χ0n) is 23.2. The highest BCUT2D eigenvalue weighted by Gasteiger charge is 2.49. The highest BCUT2D eigenvalue weighted by molar-refractivity contribution is 7.49. The number of carbonyl (C=O) groups is 5. The number of nitrogens with one attached hydrogen (secondary N) is 2. The Morgan fingerprint density at radius 2 is 1.07 bits per heavy atom. The molecule has 0 unspecified atom stereocenters. The van der Waals surface area contributed by atoms with Crippen LogP contribution >= 0.6 is 28.7 Å². The van der Waals surface area contributed by atoms with Crippen LogP contribution < -0.4 is 10.2 Å². The fraction of sp³-hybridized carbons (Fsp3) is 0.522. The van der Waals surface area contributed by atoms with Gasteiger partial charge in [0, 0.05) is 0 Å². The number of benzene rings is 1. The lowest BCUT2D eigenvalue weighted by Crippen LogP contribution is -2.38. The van der Waals surface area contributed by atoms with Gasteiger partial charge in [-0.25, -0.2) is 24.0 Å². The number of carbonyl (C=O) groups excluding carboxylic acids is 5. The van der Waals surface area contributed by atoms with E-state index in [-0.39, 0.29) is 34.5 Å². The summed E-state index contributed by atoms with van der Waals surface area (Å²) >= 11 is 6.63. The summed E-state index contributed by atoms with van der Waals surface area (Å²) in [7, 11) is 0.0391. The minimum atomic E-state index is -2.20. The molecule has 1 aromatic rings. The summed E-state index contributed by atoms with van der Waals surface area (Å²) in [6.45, 7) is 3.83. The first-order chi connectivity index (χ1) is 19.9. The number of hydrogen-bond donors (Lipinski definition) is 2. The van der Waals surface area contributed by atoms with E-state index >= 15 is 0 Å². The summed E-state index contributed by atoms with van der Waals surface area (Å²) < 4.78 is 46.4. The fourth-order valence-electron chi connectivity index (χ4n) is 3.35. The highest BCUT2D eigenvalue weighted by Crippen LogP contribution is 2.53. The molecule has 0 radical (unpaired) electrons. The quantitative estimate of drug-likeness (QED) is 0.201. The number of ether oxygens (including phenoxy) is 5. The first kappa shape index (κ1) is 33.7. The van der Waals surface area contributed by atoms with Gasteiger partial charge in [0.25, 0.3) is 17.1 Å². The van der Waals surface area contributed by atoms with E-state index in [0.29, 0.717) is 0 Å². The van der Waals surface area contributed by atoms with Crippen LogP contribution in [0.15, 0.2) is 12.1 Å². The van der Waals surface area contributed by atoms with Crippen molar-refractivity contribution in [1.29, 1.82) is 0 Å². The SMILES string of the molecule is COC(=O)[C@@H]1OP(Nc2cc(C(=O)OCC(C)C)cc(NP3O[C@@H](C(=O)OC)[C@H](C(=O)OC)O3)c2Cl)O[C@H]1C(=O)OC. The maximum absolute atomic E-state index is 12.9. The highest BCUT2D eigenvalue weighted by atomic mass is 35.5. The first-order valence-corrected chi connectivity index (χ1v) is 14.8. The molecular weight excluding hydrogens is 626 g/mol. The van der Waals surface area contributed by atoms with Crippen molar-refractivity contribution in [1.82, 2.24) is 0 Å². The molecule has 0 saturated carbocycles. The lowest BCUT2D eigenvalue weighted by Gasteiger charge is -2.19. The fourth-order valence-corrected chi connectivity index (χ4v) is 6.35. The van der Waals surface area contributed by atoms with Crippen LogP contribution in [0.5, 0.6) is 0 Å². The summed E-state index contributed by atoms with van der Waals surface area (Å²) in [5.41, 5.74) is 0.125. The molecule has 0 bridgehead atoms. The van der Waals surface area contributed by atoms with Gasteiger partial charge in [-0.3, -0.25) is 18.1 Å². The molecule has 2 heterocycles. The van der Waals surface area contributed by atoms with Crippen LogP contribution in [0.4, 0.5) is 11.4 Å². The van der Waals surface area contributed by atoms with Gasteiger partial charge in [-0.2, -0.15) is 0 Å². The topological polar surface area (TPSA) is 192 Å². The molecule has 0 aliphatic carbocycles. The van der Waals surface area contributed by atoms with Crippen molar-refractivity contribution in [2.24, 2.45) is 5.92 Å². The summed E-state index contributed by atoms with van der Waals surface area (Å²) in [4.78, 5) is 61.6. The Balaban J connectivity index is 1.92. The molecule has 2 fully saturated rings. The third-order valence-electron chi connectivity index (χ3n) is 5.40. The van der Waals surface area contributed by atoms with Crippen LogP contribution in [-0.2, 0) is 61.0 Å². The third kappa shape index (κ3) is 7.95. The maximum atomic E-state index is 12.9. The van der Waals surface area contributed by atoms with Gasteiger partial charge in [-0.05, 0) is 18.1 Å². The summed E-state index contributed by atoms with van der Waals surface area (Å²) in [6, 6.07) is 2.67. The van der Waals surface area contributed by atoms with E-state index in [1.54, 1.807) is 0 Å². The zero-order valence-corrected chi connectivity index (χ0v) is 25.8. The number of methoxy groups -OCH3 is 4. The normalized spacial score (nSPS) is 22.4. The van der Waals surface area contributed by atoms with E-state index in [0.717, 1.165) is 28.4 Å². The van der Waals surface area contributed by atoms with E-state index < -0.39 is 71.3 Å². The average Bonchev–Trinajstić information content (AvgIpc) is 3.60. The Morgan fingerprint density at radius 3 is 1.36 bits per heavy atom. The number of halogens is 1. The molecule has 3 rings (SSSR count). The predicted octanol–water partition coefficient (Wildman–Crippen LogP) is 2.69. The zero-order chi connectivity index (χ0) is 31.1. The van der Waals surface area contributed by atoms with Crippen molar-refractivity contribution in [3.63, 3.8) is 0 Å². The van der Waals surface area contributed by atoms with Gasteiger partial charge in [0.05, 0.1) is 57.0 Å². The van der Waals surface area contributed by atoms with Gasteiger partial charge in [-0.15, -0.1) is 0 Å². The van der Waals surface area contributed by atoms with Gasteiger partial charge in [0.2, 0.25) is 24.4 Å².